The van der Waals surface area contributed by atoms with Gasteiger partial charge in [-0.3, -0.25) is 9.36 Å². The number of hydrogen-bond donors (Lipinski definition) is 1. The minimum atomic E-state index is -0.367. The van der Waals surface area contributed by atoms with E-state index >= 15 is 0 Å². The van der Waals surface area contributed by atoms with Gasteiger partial charge in [0.2, 0.25) is 11.8 Å². The second kappa shape index (κ2) is 7.79. The highest BCUT2D eigenvalue weighted by atomic mass is 16.5. The quantitative estimate of drug-likeness (QED) is 0.724. The van der Waals surface area contributed by atoms with Crippen LogP contribution in [0.5, 0.6) is 5.88 Å². The summed E-state index contributed by atoms with van der Waals surface area (Å²) in [7, 11) is 0. The van der Waals surface area contributed by atoms with E-state index in [1.54, 1.807) is 36.1 Å². The Balaban J connectivity index is 1.74. The number of nitrogens with zero attached hydrogens (tertiary/aromatic N) is 3. The van der Waals surface area contributed by atoms with E-state index in [1.165, 1.54) is 0 Å². The van der Waals surface area contributed by atoms with Gasteiger partial charge in [-0.2, -0.15) is 5.26 Å². The topological polar surface area (TPSA) is 93.1 Å². The van der Waals surface area contributed by atoms with Gasteiger partial charge in [-0.05, 0) is 38.5 Å². The number of pyridine rings is 1. The number of aromatic nitrogens is 2. The molecule has 0 aliphatic rings. The predicted molar refractivity (Wildman–Crippen MR) is 98.7 cm³/mol. The molecule has 0 fully saturated rings. The molecule has 0 radical (unpaired) electrons. The van der Waals surface area contributed by atoms with Gasteiger partial charge in [-0.1, -0.05) is 6.07 Å². The normalized spacial score (nSPS) is 10.6. The van der Waals surface area contributed by atoms with Crippen LogP contribution in [0.2, 0.25) is 0 Å². The van der Waals surface area contributed by atoms with Gasteiger partial charge < -0.3 is 14.5 Å². The number of carbonyl (C=O) groups is 1. The fourth-order valence-corrected chi connectivity index (χ4v) is 2.66. The molecule has 3 aromatic heterocycles. The third-order valence-corrected chi connectivity index (χ3v) is 3.85. The van der Waals surface area contributed by atoms with Crippen LogP contribution in [0, 0.1) is 18.3 Å². The van der Waals surface area contributed by atoms with Gasteiger partial charge in [0.15, 0.2) is 0 Å². The molecule has 0 aliphatic heterocycles. The highest BCUT2D eigenvalue weighted by molar-refractivity contribution is 5.98. The molecular formula is C20H20N4O3. The van der Waals surface area contributed by atoms with Crippen LogP contribution in [0.4, 0.5) is 0 Å². The van der Waals surface area contributed by atoms with E-state index in [4.69, 9.17) is 9.15 Å². The molecule has 0 spiro atoms. The number of carbonyl (C=O) groups excluding carboxylic acids is 1. The molecular weight excluding hydrogens is 344 g/mol. The lowest BCUT2D eigenvalue weighted by Crippen LogP contribution is -2.24. The van der Waals surface area contributed by atoms with Crippen molar-refractivity contribution in [2.75, 3.05) is 0 Å². The molecule has 138 valence electrons. The zero-order valence-corrected chi connectivity index (χ0v) is 15.4. The third-order valence-electron chi connectivity index (χ3n) is 3.85. The van der Waals surface area contributed by atoms with Crippen LogP contribution >= 0.6 is 0 Å². The average molecular weight is 364 g/mol. The molecule has 0 bridgehead atoms. The Kier molecular flexibility index (Phi) is 5.27. The molecule has 0 aliphatic carbocycles. The molecule has 0 unspecified atom stereocenters. The Hall–Kier alpha value is -3.53. The molecule has 0 saturated heterocycles. The van der Waals surface area contributed by atoms with Crippen molar-refractivity contribution < 1.29 is 13.9 Å². The molecule has 7 nitrogen and oxygen atoms in total. The lowest BCUT2D eigenvalue weighted by Gasteiger charge is -2.09. The SMILES string of the molecule is Cc1oc(-n2cccc2)c(C#N)c1C(=O)NCc1ccc(OC(C)C)nc1. The van der Waals surface area contributed by atoms with Crippen LogP contribution < -0.4 is 10.1 Å². The highest BCUT2D eigenvalue weighted by Gasteiger charge is 2.24. The Morgan fingerprint density at radius 3 is 2.70 bits per heavy atom. The number of nitrogens with one attached hydrogen (secondary N) is 1. The number of nitriles is 1. The summed E-state index contributed by atoms with van der Waals surface area (Å²) in [6, 6.07) is 9.31. The van der Waals surface area contributed by atoms with Gasteiger partial charge in [0.1, 0.15) is 23.0 Å². The molecule has 0 saturated carbocycles. The van der Waals surface area contributed by atoms with Crippen molar-refractivity contribution in [1.82, 2.24) is 14.9 Å². The number of rotatable bonds is 6. The first-order chi connectivity index (χ1) is 13.0. The molecule has 0 aromatic carbocycles. The van der Waals surface area contributed by atoms with Gasteiger partial charge in [-0.15, -0.1) is 0 Å². The molecule has 7 heteroatoms. The van der Waals surface area contributed by atoms with E-state index in [1.807, 2.05) is 32.0 Å². The molecule has 3 heterocycles. The zero-order chi connectivity index (χ0) is 19.4. The average Bonchev–Trinajstić information content (AvgIpc) is 3.27. The molecule has 1 amide bonds. The monoisotopic (exact) mass is 364 g/mol. The van der Waals surface area contributed by atoms with Crippen LogP contribution in [0.1, 0.15) is 41.1 Å². The Labute approximate surface area is 157 Å². The van der Waals surface area contributed by atoms with Crippen molar-refractivity contribution in [3.8, 4) is 17.8 Å². The first-order valence-corrected chi connectivity index (χ1v) is 8.56. The Morgan fingerprint density at radius 1 is 1.37 bits per heavy atom. The maximum absolute atomic E-state index is 12.6. The maximum Gasteiger partial charge on any atom is 0.256 e. The lowest BCUT2D eigenvalue weighted by atomic mass is 10.1. The van der Waals surface area contributed by atoms with Gasteiger partial charge >= 0.3 is 0 Å². The number of amides is 1. The number of hydrogen-bond acceptors (Lipinski definition) is 5. The second-order valence-electron chi connectivity index (χ2n) is 6.27. The van der Waals surface area contributed by atoms with E-state index in [0.29, 0.717) is 17.5 Å². The van der Waals surface area contributed by atoms with E-state index in [0.717, 1.165) is 5.56 Å². The van der Waals surface area contributed by atoms with Gasteiger partial charge in [0.05, 0.1) is 6.10 Å². The van der Waals surface area contributed by atoms with Gasteiger partial charge in [-0.25, -0.2) is 4.98 Å². The smallest absolute Gasteiger partial charge is 0.256 e. The fraction of sp³-hybridized carbons (Fsp3) is 0.250. The minimum Gasteiger partial charge on any atom is -0.475 e. The van der Waals surface area contributed by atoms with Crippen LogP contribution in [0.25, 0.3) is 5.88 Å². The number of furan rings is 1. The molecule has 1 N–H and O–H groups in total. The van der Waals surface area contributed by atoms with E-state index in [-0.39, 0.29) is 29.7 Å². The van der Waals surface area contributed by atoms with Crippen LogP contribution in [0.15, 0.2) is 47.3 Å². The summed E-state index contributed by atoms with van der Waals surface area (Å²) in [5.41, 5.74) is 1.28. The summed E-state index contributed by atoms with van der Waals surface area (Å²) in [6.45, 7) is 5.81. The summed E-state index contributed by atoms with van der Waals surface area (Å²) >= 11 is 0. The van der Waals surface area contributed by atoms with Gasteiger partial charge in [0.25, 0.3) is 5.91 Å². The Morgan fingerprint density at radius 2 is 2.11 bits per heavy atom. The van der Waals surface area contributed by atoms with Crippen molar-refractivity contribution in [2.45, 2.75) is 33.4 Å². The lowest BCUT2D eigenvalue weighted by molar-refractivity contribution is 0.0949. The van der Waals surface area contributed by atoms with Crippen molar-refractivity contribution in [2.24, 2.45) is 0 Å². The molecule has 27 heavy (non-hydrogen) atoms. The summed E-state index contributed by atoms with van der Waals surface area (Å²) < 4.78 is 12.8. The molecule has 3 aromatic rings. The van der Waals surface area contributed by atoms with Crippen molar-refractivity contribution in [3.63, 3.8) is 0 Å². The maximum atomic E-state index is 12.6. The van der Waals surface area contributed by atoms with E-state index in [9.17, 15) is 10.1 Å². The zero-order valence-electron chi connectivity index (χ0n) is 15.4. The largest absolute Gasteiger partial charge is 0.475 e. The summed E-state index contributed by atoms with van der Waals surface area (Å²) in [6.07, 6.45) is 5.21. The van der Waals surface area contributed by atoms with Crippen molar-refractivity contribution >= 4 is 5.91 Å². The first kappa shape index (κ1) is 18.3. The molecule has 0 atom stereocenters. The van der Waals surface area contributed by atoms with Crippen LogP contribution in [-0.4, -0.2) is 21.6 Å². The summed E-state index contributed by atoms with van der Waals surface area (Å²) in [4.78, 5) is 16.8. The third kappa shape index (κ3) is 4.01. The van der Waals surface area contributed by atoms with Crippen molar-refractivity contribution in [1.29, 1.82) is 5.26 Å². The number of aryl methyl sites for hydroxylation is 1. The molecule has 3 rings (SSSR count). The summed E-state index contributed by atoms with van der Waals surface area (Å²) in [5.74, 6) is 0.899. The van der Waals surface area contributed by atoms with Crippen LogP contribution in [0.3, 0.4) is 0 Å². The fourth-order valence-electron chi connectivity index (χ4n) is 2.66. The van der Waals surface area contributed by atoms with Gasteiger partial charge in [0, 0.05) is 31.2 Å². The van der Waals surface area contributed by atoms with Crippen molar-refractivity contribution in [3.05, 3.63) is 65.3 Å². The van der Waals surface area contributed by atoms with E-state index < -0.39 is 0 Å². The standard InChI is InChI=1S/C20H20N4O3/c1-13(2)26-17-7-6-15(11-22-17)12-23-19(25)18-14(3)27-20(16(18)10-21)24-8-4-5-9-24/h4-9,11,13H,12H2,1-3H3,(H,23,25). The second-order valence-corrected chi connectivity index (χ2v) is 6.27. The summed E-state index contributed by atoms with van der Waals surface area (Å²) in [5, 5.41) is 12.3. The Bertz CT molecular complexity index is 964. The number of ether oxygens (including phenoxy) is 1. The highest BCUT2D eigenvalue weighted by Crippen LogP contribution is 2.25. The van der Waals surface area contributed by atoms with E-state index in [2.05, 4.69) is 16.4 Å². The predicted octanol–water partition coefficient (Wildman–Crippen LogP) is 3.36. The minimum absolute atomic E-state index is 0.0472. The van der Waals surface area contributed by atoms with Crippen LogP contribution in [-0.2, 0) is 6.54 Å². The first-order valence-electron chi connectivity index (χ1n) is 8.56.